The van der Waals surface area contributed by atoms with Crippen molar-refractivity contribution in [2.45, 2.75) is 31.8 Å². The van der Waals surface area contributed by atoms with Gasteiger partial charge in [0.05, 0.1) is 4.92 Å². The predicted molar refractivity (Wildman–Crippen MR) is 105 cm³/mol. The van der Waals surface area contributed by atoms with Crippen molar-refractivity contribution in [1.82, 2.24) is 15.3 Å². The summed E-state index contributed by atoms with van der Waals surface area (Å²) in [6.07, 6.45) is 1.62. The molecule has 1 aromatic carbocycles. The number of hydrogen-bond donors (Lipinski definition) is 4. The van der Waals surface area contributed by atoms with Crippen molar-refractivity contribution >= 4 is 29.2 Å². The Bertz CT molecular complexity index is 883. The summed E-state index contributed by atoms with van der Waals surface area (Å²) in [6.45, 7) is 3.46. The molecule has 2 aromatic rings. The predicted octanol–water partition coefficient (Wildman–Crippen LogP) is 2.88. The number of benzene rings is 1. The topological polar surface area (TPSA) is 152 Å². The first-order chi connectivity index (χ1) is 13.8. The lowest BCUT2D eigenvalue weighted by molar-refractivity contribution is -0.384. The summed E-state index contributed by atoms with van der Waals surface area (Å²) in [7, 11) is 0. The van der Waals surface area contributed by atoms with E-state index < -0.39 is 11.0 Å². The van der Waals surface area contributed by atoms with Crippen molar-refractivity contribution in [3.63, 3.8) is 0 Å². The fourth-order valence-corrected chi connectivity index (χ4v) is 2.90. The highest BCUT2D eigenvalue weighted by atomic mass is 16.6. The van der Waals surface area contributed by atoms with Gasteiger partial charge < -0.3 is 25.8 Å². The third kappa shape index (κ3) is 5.51. The molecular weight excluding hydrogens is 380 g/mol. The largest absolute Gasteiger partial charge is 0.465 e. The molecule has 0 radical (unpaired) electrons. The Morgan fingerprint density at radius 2 is 2.00 bits per heavy atom. The Balaban J connectivity index is 1.77. The van der Waals surface area contributed by atoms with Gasteiger partial charge in [-0.15, -0.1) is 0 Å². The molecule has 1 fully saturated rings. The summed E-state index contributed by atoms with van der Waals surface area (Å²) >= 11 is 0. The second-order valence-electron chi connectivity index (χ2n) is 6.96. The molecule has 154 valence electrons. The van der Waals surface area contributed by atoms with Crippen molar-refractivity contribution in [3.8, 4) is 0 Å². The number of amides is 1. The fraction of sp³-hybridized carbons (Fsp3) is 0.389. The normalized spacial score (nSPS) is 15.3. The second-order valence-corrected chi connectivity index (χ2v) is 6.96. The summed E-state index contributed by atoms with van der Waals surface area (Å²) in [4.78, 5) is 29.8. The molecule has 4 N–H and O–H groups in total. The first-order valence-corrected chi connectivity index (χ1v) is 9.05. The molecule has 0 unspecified atom stereocenters. The zero-order valence-electron chi connectivity index (χ0n) is 15.8. The van der Waals surface area contributed by atoms with E-state index in [2.05, 4.69) is 25.9 Å². The summed E-state index contributed by atoms with van der Waals surface area (Å²) in [5, 5.41) is 28.5. The van der Waals surface area contributed by atoms with Crippen LogP contribution in [0.4, 0.5) is 27.9 Å². The highest BCUT2D eigenvalue weighted by molar-refractivity contribution is 5.67. The quantitative estimate of drug-likeness (QED) is 0.404. The highest BCUT2D eigenvalue weighted by Crippen LogP contribution is 2.29. The minimum absolute atomic E-state index is 0.0690. The van der Waals surface area contributed by atoms with E-state index in [1.807, 2.05) is 6.92 Å². The van der Waals surface area contributed by atoms with Crippen LogP contribution in [0.3, 0.4) is 0 Å². The number of hydrogen-bond acceptors (Lipinski definition) is 8. The summed E-state index contributed by atoms with van der Waals surface area (Å²) in [5.74, 6) is 0.365. The molecule has 0 saturated carbocycles. The molecule has 1 amide bonds. The number of carboxylic acid groups (broad SMARTS) is 1. The lowest BCUT2D eigenvalue weighted by Gasteiger charge is -2.34. The number of carbonyl (C=O) groups is 1. The maximum Gasteiger partial charge on any atom is 0.404 e. The number of nitrogens with one attached hydrogen (secondary N) is 3. The maximum atomic E-state index is 11.4. The number of nitro groups is 1. The van der Waals surface area contributed by atoms with E-state index in [-0.39, 0.29) is 23.6 Å². The third-order valence-corrected chi connectivity index (χ3v) is 4.64. The van der Waals surface area contributed by atoms with Gasteiger partial charge in [-0.25, -0.2) is 9.78 Å². The molecule has 11 nitrogen and oxygen atoms in total. The maximum absolute atomic E-state index is 11.4. The van der Waals surface area contributed by atoms with Crippen molar-refractivity contribution in [2.75, 3.05) is 23.8 Å². The first-order valence-electron chi connectivity index (χ1n) is 9.05. The smallest absolute Gasteiger partial charge is 0.404 e. The van der Waals surface area contributed by atoms with Gasteiger partial charge in [-0.2, -0.15) is 4.98 Å². The average molecular weight is 402 g/mol. The zero-order chi connectivity index (χ0) is 20.9. The number of rotatable bonds is 7. The van der Waals surface area contributed by atoms with Crippen LogP contribution in [0.1, 0.15) is 25.3 Å². The van der Waals surface area contributed by atoms with Gasteiger partial charge >= 0.3 is 11.8 Å². The van der Waals surface area contributed by atoms with Crippen LogP contribution in [0.2, 0.25) is 0 Å². The van der Waals surface area contributed by atoms with Crippen LogP contribution < -0.4 is 16.0 Å². The highest BCUT2D eigenvalue weighted by Gasteiger charge is 2.29. The van der Waals surface area contributed by atoms with Crippen LogP contribution in [-0.2, 0) is 11.3 Å². The molecule has 1 aromatic heterocycles. The van der Waals surface area contributed by atoms with E-state index in [1.54, 1.807) is 24.3 Å². The van der Waals surface area contributed by atoms with Crippen LogP contribution in [0.5, 0.6) is 0 Å². The summed E-state index contributed by atoms with van der Waals surface area (Å²) in [6, 6.07) is 6.82. The Morgan fingerprint density at radius 1 is 1.31 bits per heavy atom. The molecule has 0 aliphatic carbocycles. The van der Waals surface area contributed by atoms with Crippen molar-refractivity contribution in [2.24, 2.45) is 0 Å². The average Bonchev–Trinajstić information content (AvgIpc) is 2.67. The van der Waals surface area contributed by atoms with Gasteiger partial charge in [0.2, 0.25) is 11.8 Å². The summed E-state index contributed by atoms with van der Waals surface area (Å²) in [5.41, 5.74) is 0.841. The lowest BCUT2D eigenvalue weighted by Crippen LogP contribution is -2.41. The molecule has 11 heteroatoms. The van der Waals surface area contributed by atoms with E-state index in [9.17, 15) is 14.9 Å². The third-order valence-electron chi connectivity index (χ3n) is 4.64. The summed E-state index contributed by atoms with van der Waals surface area (Å²) < 4.78 is 5.38. The van der Waals surface area contributed by atoms with E-state index >= 15 is 0 Å². The zero-order valence-corrected chi connectivity index (χ0v) is 15.8. The molecule has 1 aliphatic heterocycles. The first kappa shape index (κ1) is 20.3. The fourth-order valence-electron chi connectivity index (χ4n) is 2.90. The Labute approximate surface area is 166 Å². The molecule has 0 spiro atoms. The molecule has 1 aliphatic rings. The van der Waals surface area contributed by atoms with E-state index in [0.717, 1.165) is 18.4 Å². The van der Waals surface area contributed by atoms with Crippen molar-refractivity contribution < 1.29 is 19.6 Å². The molecule has 0 atom stereocenters. The number of nitrogens with zero attached hydrogens (tertiary/aromatic N) is 3. The van der Waals surface area contributed by atoms with Crippen molar-refractivity contribution in [1.29, 1.82) is 0 Å². The monoisotopic (exact) mass is 402 g/mol. The van der Waals surface area contributed by atoms with Gasteiger partial charge in [0.15, 0.2) is 0 Å². The van der Waals surface area contributed by atoms with E-state index in [4.69, 9.17) is 9.84 Å². The van der Waals surface area contributed by atoms with Crippen LogP contribution in [0.15, 0.2) is 30.5 Å². The molecule has 0 bridgehead atoms. The van der Waals surface area contributed by atoms with Crippen LogP contribution in [-0.4, -0.2) is 44.8 Å². The second kappa shape index (κ2) is 8.69. The van der Waals surface area contributed by atoms with Gasteiger partial charge in [0.1, 0.15) is 6.20 Å². The van der Waals surface area contributed by atoms with Crippen molar-refractivity contribution in [3.05, 3.63) is 46.1 Å². The Kier molecular flexibility index (Phi) is 6.07. The minimum Gasteiger partial charge on any atom is -0.465 e. The number of ether oxygens (including phenoxy) is 1. The number of anilines is 3. The lowest BCUT2D eigenvalue weighted by atomic mass is 9.93. The van der Waals surface area contributed by atoms with Crippen LogP contribution in [0.25, 0.3) is 0 Å². The van der Waals surface area contributed by atoms with E-state index in [0.29, 0.717) is 24.8 Å². The van der Waals surface area contributed by atoms with Crippen LogP contribution >= 0.6 is 0 Å². The minimum atomic E-state index is -1.11. The number of aromatic nitrogens is 2. The molecular formula is C18H22N6O5. The van der Waals surface area contributed by atoms with Gasteiger partial charge in [-0.3, -0.25) is 10.1 Å². The SMILES string of the molecule is CC1(Nc2ncc([N+](=O)[O-])c(Nc3ccc(CNC(=O)O)cc3)n2)CCOCC1. The van der Waals surface area contributed by atoms with E-state index in [1.165, 1.54) is 6.20 Å². The molecule has 3 rings (SSSR count). The van der Waals surface area contributed by atoms with Gasteiger partial charge in [0, 0.05) is 31.0 Å². The van der Waals surface area contributed by atoms with Gasteiger partial charge in [0.25, 0.3) is 0 Å². The molecule has 1 saturated heterocycles. The van der Waals surface area contributed by atoms with Gasteiger partial charge in [-0.1, -0.05) is 12.1 Å². The standard InChI is InChI=1S/C18H22N6O5/c1-18(6-8-29-9-7-18)23-16-19-11-14(24(27)28)15(22-16)21-13-4-2-12(3-5-13)10-20-17(25)26/h2-5,11,20H,6-10H2,1H3,(H,25,26)(H2,19,21,22,23). The van der Waals surface area contributed by atoms with Crippen LogP contribution in [0, 0.1) is 10.1 Å². The molecule has 2 heterocycles. The Morgan fingerprint density at radius 3 is 2.62 bits per heavy atom. The molecule has 29 heavy (non-hydrogen) atoms. The van der Waals surface area contributed by atoms with Gasteiger partial charge in [-0.05, 0) is 37.5 Å². The Hall–Kier alpha value is -3.47.